The van der Waals surface area contributed by atoms with Gasteiger partial charge < -0.3 is 15.4 Å². The van der Waals surface area contributed by atoms with Crippen LogP contribution < -0.4 is 10.6 Å². The Balaban J connectivity index is 2.04. The number of aryl methyl sites for hydroxylation is 2. The standard InChI is InChI=1S/C16H20N4O2/c1-11-5-4-6-12(2)14(11)20-16-18-9-13(10-19-16)15(21)17-7-8-22-3/h4-6,9-10H,7-8H2,1-3H3,(H,17,21)(H,18,19,20). The first kappa shape index (κ1) is 15.9. The van der Waals surface area contributed by atoms with E-state index in [0.717, 1.165) is 16.8 Å². The van der Waals surface area contributed by atoms with Crippen LogP contribution in [0.3, 0.4) is 0 Å². The van der Waals surface area contributed by atoms with E-state index in [2.05, 4.69) is 20.6 Å². The van der Waals surface area contributed by atoms with Crippen molar-refractivity contribution in [1.82, 2.24) is 15.3 Å². The van der Waals surface area contributed by atoms with E-state index in [9.17, 15) is 4.79 Å². The molecule has 2 N–H and O–H groups in total. The highest BCUT2D eigenvalue weighted by Gasteiger charge is 2.08. The number of benzene rings is 1. The second kappa shape index (κ2) is 7.51. The molecule has 0 aliphatic carbocycles. The third kappa shape index (κ3) is 4.02. The monoisotopic (exact) mass is 300 g/mol. The second-order valence-electron chi connectivity index (χ2n) is 4.94. The molecule has 0 spiro atoms. The molecule has 116 valence electrons. The molecule has 6 nitrogen and oxygen atoms in total. The van der Waals surface area contributed by atoms with Crippen LogP contribution in [-0.4, -0.2) is 36.1 Å². The lowest BCUT2D eigenvalue weighted by atomic mass is 10.1. The highest BCUT2D eigenvalue weighted by atomic mass is 16.5. The fraction of sp³-hybridized carbons (Fsp3) is 0.312. The quantitative estimate of drug-likeness (QED) is 0.800. The lowest BCUT2D eigenvalue weighted by molar-refractivity contribution is 0.0936. The third-order valence-corrected chi connectivity index (χ3v) is 3.22. The zero-order chi connectivity index (χ0) is 15.9. The Labute approximate surface area is 129 Å². The van der Waals surface area contributed by atoms with E-state index in [1.54, 1.807) is 7.11 Å². The van der Waals surface area contributed by atoms with Crippen molar-refractivity contribution in [3.8, 4) is 0 Å². The zero-order valence-corrected chi connectivity index (χ0v) is 13.0. The second-order valence-corrected chi connectivity index (χ2v) is 4.94. The van der Waals surface area contributed by atoms with Gasteiger partial charge in [0, 0.05) is 31.7 Å². The molecule has 1 aromatic carbocycles. The summed E-state index contributed by atoms with van der Waals surface area (Å²) in [5, 5.41) is 5.91. The van der Waals surface area contributed by atoms with Gasteiger partial charge in [-0.1, -0.05) is 18.2 Å². The molecule has 0 aliphatic heterocycles. The van der Waals surface area contributed by atoms with Gasteiger partial charge in [-0.3, -0.25) is 4.79 Å². The van der Waals surface area contributed by atoms with Crippen LogP contribution in [0.25, 0.3) is 0 Å². The van der Waals surface area contributed by atoms with Gasteiger partial charge in [-0.25, -0.2) is 9.97 Å². The molecule has 22 heavy (non-hydrogen) atoms. The van der Waals surface area contributed by atoms with Crippen LogP contribution in [0.15, 0.2) is 30.6 Å². The van der Waals surface area contributed by atoms with E-state index >= 15 is 0 Å². The number of anilines is 2. The lowest BCUT2D eigenvalue weighted by Crippen LogP contribution is -2.27. The minimum absolute atomic E-state index is 0.212. The van der Waals surface area contributed by atoms with Gasteiger partial charge in [-0.15, -0.1) is 0 Å². The van der Waals surface area contributed by atoms with Crippen molar-refractivity contribution in [2.45, 2.75) is 13.8 Å². The Morgan fingerprint density at radius 2 is 1.82 bits per heavy atom. The third-order valence-electron chi connectivity index (χ3n) is 3.22. The number of hydrogen-bond donors (Lipinski definition) is 2. The molecule has 2 aromatic rings. The number of amides is 1. The zero-order valence-electron chi connectivity index (χ0n) is 13.0. The minimum atomic E-state index is -0.212. The highest BCUT2D eigenvalue weighted by Crippen LogP contribution is 2.22. The molecule has 0 atom stereocenters. The molecule has 1 heterocycles. The molecule has 0 saturated heterocycles. The molecule has 0 bridgehead atoms. The number of rotatable bonds is 6. The predicted molar refractivity (Wildman–Crippen MR) is 85.4 cm³/mol. The summed E-state index contributed by atoms with van der Waals surface area (Å²) in [6, 6.07) is 6.05. The van der Waals surface area contributed by atoms with Crippen molar-refractivity contribution < 1.29 is 9.53 Å². The van der Waals surface area contributed by atoms with Crippen LogP contribution in [0, 0.1) is 13.8 Å². The summed E-state index contributed by atoms with van der Waals surface area (Å²) < 4.78 is 4.88. The summed E-state index contributed by atoms with van der Waals surface area (Å²) >= 11 is 0. The van der Waals surface area contributed by atoms with Gasteiger partial charge in [-0.05, 0) is 25.0 Å². The Morgan fingerprint density at radius 3 is 2.41 bits per heavy atom. The maximum absolute atomic E-state index is 11.8. The summed E-state index contributed by atoms with van der Waals surface area (Å²) in [6.07, 6.45) is 3.01. The van der Waals surface area contributed by atoms with Crippen LogP contribution in [0.4, 0.5) is 11.6 Å². The normalized spacial score (nSPS) is 10.3. The van der Waals surface area contributed by atoms with Crippen molar-refractivity contribution >= 4 is 17.5 Å². The maximum Gasteiger partial charge on any atom is 0.254 e. The van der Waals surface area contributed by atoms with E-state index in [4.69, 9.17) is 4.74 Å². The SMILES string of the molecule is COCCNC(=O)c1cnc(Nc2c(C)cccc2C)nc1. The van der Waals surface area contributed by atoms with Crippen LogP contribution in [-0.2, 0) is 4.74 Å². The average Bonchev–Trinajstić information content (AvgIpc) is 2.52. The molecule has 2 rings (SSSR count). The Hall–Kier alpha value is -2.47. The smallest absolute Gasteiger partial charge is 0.254 e. The van der Waals surface area contributed by atoms with Gasteiger partial charge in [0.2, 0.25) is 5.95 Å². The summed E-state index contributed by atoms with van der Waals surface area (Å²) in [4.78, 5) is 20.2. The summed E-state index contributed by atoms with van der Waals surface area (Å²) in [6.45, 7) is 4.97. The van der Waals surface area contributed by atoms with E-state index in [0.29, 0.717) is 24.7 Å². The molecule has 0 fully saturated rings. The number of nitrogens with one attached hydrogen (secondary N) is 2. The van der Waals surface area contributed by atoms with Crippen molar-refractivity contribution in [2.75, 3.05) is 25.6 Å². The van der Waals surface area contributed by atoms with E-state index in [1.807, 2.05) is 32.0 Å². The van der Waals surface area contributed by atoms with Gasteiger partial charge in [0.05, 0.1) is 12.2 Å². The van der Waals surface area contributed by atoms with Crippen molar-refractivity contribution in [3.63, 3.8) is 0 Å². The van der Waals surface area contributed by atoms with Gasteiger partial charge in [0.1, 0.15) is 0 Å². The first-order chi connectivity index (χ1) is 10.6. The Morgan fingerprint density at radius 1 is 1.18 bits per heavy atom. The highest BCUT2D eigenvalue weighted by molar-refractivity contribution is 5.93. The van der Waals surface area contributed by atoms with Crippen LogP contribution in [0.5, 0.6) is 0 Å². The first-order valence-corrected chi connectivity index (χ1v) is 7.04. The largest absolute Gasteiger partial charge is 0.383 e. The number of carbonyl (C=O) groups excluding carboxylic acids is 1. The van der Waals surface area contributed by atoms with E-state index in [-0.39, 0.29) is 5.91 Å². The minimum Gasteiger partial charge on any atom is -0.383 e. The molecular formula is C16H20N4O2. The van der Waals surface area contributed by atoms with Gasteiger partial charge in [0.25, 0.3) is 5.91 Å². The number of methoxy groups -OCH3 is 1. The first-order valence-electron chi connectivity index (χ1n) is 7.04. The molecule has 6 heteroatoms. The summed E-state index contributed by atoms with van der Waals surface area (Å²) in [5.41, 5.74) is 3.64. The fourth-order valence-corrected chi connectivity index (χ4v) is 2.00. The Bertz CT molecular complexity index is 621. The number of ether oxygens (including phenoxy) is 1. The Kier molecular flexibility index (Phi) is 5.43. The predicted octanol–water partition coefficient (Wildman–Crippen LogP) is 2.21. The average molecular weight is 300 g/mol. The maximum atomic E-state index is 11.8. The number of hydrogen-bond acceptors (Lipinski definition) is 5. The van der Waals surface area contributed by atoms with Gasteiger partial charge >= 0.3 is 0 Å². The van der Waals surface area contributed by atoms with Crippen LogP contribution in [0.1, 0.15) is 21.5 Å². The number of carbonyl (C=O) groups is 1. The molecule has 0 radical (unpaired) electrons. The molecule has 0 aliphatic rings. The van der Waals surface area contributed by atoms with E-state index < -0.39 is 0 Å². The fourth-order valence-electron chi connectivity index (χ4n) is 2.00. The van der Waals surface area contributed by atoms with Gasteiger partial charge in [-0.2, -0.15) is 0 Å². The molecular weight excluding hydrogens is 280 g/mol. The molecule has 1 aromatic heterocycles. The van der Waals surface area contributed by atoms with Crippen LogP contribution >= 0.6 is 0 Å². The van der Waals surface area contributed by atoms with Gasteiger partial charge in [0.15, 0.2) is 0 Å². The van der Waals surface area contributed by atoms with Crippen molar-refractivity contribution in [1.29, 1.82) is 0 Å². The summed E-state index contributed by atoms with van der Waals surface area (Å²) in [5.74, 6) is 0.251. The molecule has 0 unspecified atom stereocenters. The van der Waals surface area contributed by atoms with Crippen LogP contribution in [0.2, 0.25) is 0 Å². The number of aromatic nitrogens is 2. The molecule has 0 saturated carbocycles. The molecule has 1 amide bonds. The number of para-hydroxylation sites is 1. The van der Waals surface area contributed by atoms with Crippen molar-refractivity contribution in [3.05, 3.63) is 47.3 Å². The number of nitrogens with zero attached hydrogens (tertiary/aromatic N) is 2. The van der Waals surface area contributed by atoms with E-state index in [1.165, 1.54) is 12.4 Å². The lowest BCUT2D eigenvalue weighted by Gasteiger charge is -2.11. The topological polar surface area (TPSA) is 76.1 Å². The summed E-state index contributed by atoms with van der Waals surface area (Å²) in [7, 11) is 1.59. The van der Waals surface area contributed by atoms with Crippen molar-refractivity contribution in [2.24, 2.45) is 0 Å².